The molecule has 0 N–H and O–H groups in total. The fourth-order valence-electron chi connectivity index (χ4n) is 6.62. The Balaban J connectivity index is 1.41. The third-order valence-electron chi connectivity index (χ3n) is 9.30. The molecule has 0 spiro atoms. The third-order valence-corrected chi connectivity index (χ3v) is 9.30. The van der Waals surface area contributed by atoms with Crippen LogP contribution in [0, 0.1) is 0 Å². The Morgan fingerprint density at radius 2 is 1.08 bits per heavy atom. The van der Waals surface area contributed by atoms with E-state index in [0.29, 0.717) is 35.1 Å². The van der Waals surface area contributed by atoms with Gasteiger partial charge in [-0.2, -0.15) is 0 Å². The number of carbonyl (C=O) groups excluding carboxylic acids is 3. The number of fused-ring (bicyclic) bond motifs is 2. The zero-order valence-electron chi connectivity index (χ0n) is 23.6. The summed E-state index contributed by atoms with van der Waals surface area (Å²) in [5.74, 6) is 0.136. The topological polar surface area (TPSA) is 57.7 Å². The fourth-order valence-corrected chi connectivity index (χ4v) is 6.62. The lowest BCUT2D eigenvalue weighted by atomic mass is 9.86. The predicted octanol–water partition coefficient (Wildman–Crippen LogP) is 5.91. The van der Waals surface area contributed by atoms with Crippen LogP contribution in [0.25, 0.3) is 0 Å². The molecule has 0 bridgehead atoms. The zero-order chi connectivity index (χ0) is 27.1. The highest BCUT2D eigenvalue weighted by molar-refractivity contribution is 6.14. The molecule has 0 radical (unpaired) electrons. The summed E-state index contributed by atoms with van der Waals surface area (Å²) >= 11 is 0. The maximum atomic E-state index is 13.8. The first kappa shape index (κ1) is 27.0. The van der Waals surface area contributed by atoms with Crippen molar-refractivity contribution in [2.45, 2.75) is 90.1 Å². The van der Waals surface area contributed by atoms with Crippen LogP contribution in [0.1, 0.15) is 114 Å². The van der Waals surface area contributed by atoms with Crippen LogP contribution in [0.3, 0.4) is 0 Å². The van der Waals surface area contributed by atoms with Gasteiger partial charge in [0.25, 0.3) is 0 Å². The highest BCUT2D eigenvalue weighted by atomic mass is 16.1. The molecule has 2 aromatic rings. The van der Waals surface area contributed by atoms with E-state index >= 15 is 0 Å². The minimum Gasteiger partial charge on any atom is -0.292 e. The van der Waals surface area contributed by atoms with Gasteiger partial charge in [0.15, 0.2) is 17.3 Å². The summed E-state index contributed by atoms with van der Waals surface area (Å²) in [6.07, 6.45) is 8.37. The van der Waals surface area contributed by atoms with Crippen molar-refractivity contribution >= 4 is 17.3 Å². The van der Waals surface area contributed by atoms with Gasteiger partial charge in [-0.1, -0.05) is 37.1 Å². The van der Waals surface area contributed by atoms with E-state index in [1.165, 1.54) is 12.8 Å². The Hall–Kier alpha value is -2.63. The quantitative estimate of drug-likeness (QED) is 0.449. The van der Waals surface area contributed by atoms with Crippen LogP contribution in [-0.4, -0.2) is 64.4 Å². The highest BCUT2D eigenvalue weighted by Crippen LogP contribution is 2.31. The number of benzene rings is 2. The minimum atomic E-state index is -0.600. The molecule has 2 saturated heterocycles. The van der Waals surface area contributed by atoms with Crippen LogP contribution < -0.4 is 0 Å². The average Bonchev–Trinajstić information content (AvgIpc) is 3.08. The smallest absolute Gasteiger partial charge is 0.193 e. The van der Waals surface area contributed by atoms with Crippen molar-refractivity contribution in [3.8, 4) is 0 Å². The molecule has 0 atom stereocenters. The Morgan fingerprint density at radius 1 is 0.605 bits per heavy atom. The van der Waals surface area contributed by atoms with E-state index < -0.39 is 11.1 Å². The molecule has 5 rings (SSSR count). The second-order valence-corrected chi connectivity index (χ2v) is 12.4. The molecule has 0 saturated carbocycles. The average molecular weight is 515 g/mol. The fraction of sp³-hybridized carbons (Fsp3) is 0.545. The molecule has 5 nitrogen and oxygen atoms in total. The van der Waals surface area contributed by atoms with Gasteiger partial charge >= 0.3 is 0 Å². The molecule has 38 heavy (non-hydrogen) atoms. The lowest BCUT2D eigenvalue weighted by molar-refractivity contribution is 0.0576. The van der Waals surface area contributed by atoms with E-state index in [1.807, 2.05) is 64.1 Å². The second-order valence-electron chi connectivity index (χ2n) is 12.4. The van der Waals surface area contributed by atoms with Gasteiger partial charge in [0.05, 0.1) is 11.1 Å². The lowest BCUT2D eigenvalue weighted by Gasteiger charge is -2.39. The van der Waals surface area contributed by atoms with Gasteiger partial charge in [-0.3, -0.25) is 24.2 Å². The standard InChI is InChI=1S/C33H42N2O3/c1-32(2,34-17-7-5-8-18-34)30(37)25-15-16-27-24(21-25)13-11-23-12-14-26(22-28(23)29(27)36)31(38)33(3,4)35-19-9-6-10-20-35/h12,14-16,21-22H,5-11,13,17-20H2,1-4H3. The van der Waals surface area contributed by atoms with Crippen LogP contribution in [0.2, 0.25) is 0 Å². The first-order chi connectivity index (χ1) is 18.1. The number of rotatable bonds is 6. The van der Waals surface area contributed by atoms with Crippen LogP contribution in [0.4, 0.5) is 0 Å². The van der Waals surface area contributed by atoms with Crippen molar-refractivity contribution in [2.24, 2.45) is 0 Å². The number of hydrogen-bond donors (Lipinski definition) is 0. The van der Waals surface area contributed by atoms with Gasteiger partial charge < -0.3 is 0 Å². The van der Waals surface area contributed by atoms with Gasteiger partial charge in [-0.05, 0) is 116 Å². The first-order valence-electron chi connectivity index (χ1n) is 14.5. The van der Waals surface area contributed by atoms with Gasteiger partial charge in [0.2, 0.25) is 0 Å². The van der Waals surface area contributed by atoms with E-state index in [2.05, 4.69) is 9.80 Å². The van der Waals surface area contributed by atoms with Gasteiger partial charge in [0, 0.05) is 22.3 Å². The number of nitrogens with zero attached hydrogens (tertiary/aromatic N) is 2. The third kappa shape index (κ3) is 4.91. The number of carbonyl (C=O) groups is 3. The monoisotopic (exact) mass is 514 g/mol. The minimum absolute atomic E-state index is 0.0489. The van der Waals surface area contributed by atoms with Gasteiger partial charge in [-0.15, -0.1) is 0 Å². The van der Waals surface area contributed by atoms with Gasteiger partial charge in [-0.25, -0.2) is 0 Å². The molecule has 2 aromatic carbocycles. The second kappa shape index (κ2) is 10.5. The highest BCUT2D eigenvalue weighted by Gasteiger charge is 2.38. The molecule has 2 fully saturated rings. The maximum absolute atomic E-state index is 13.8. The largest absolute Gasteiger partial charge is 0.292 e. The summed E-state index contributed by atoms with van der Waals surface area (Å²) in [4.78, 5) is 45.6. The molecule has 0 amide bonds. The predicted molar refractivity (Wildman–Crippen MR) is 151 cm³/mol. The SMILES string of the molecule is CC(C)(C(=O)c1ccc2c(c1)CCc1ccc(C(=O)C(C)(C)N3CCCCC3)cc1C2=O)N1CCCCC1. The molecule has 1 aliphatic carbocycles. The van der Waals surface area contributed by atoms with Crippen molar-refractivity contribution in [1.29, 1.82) is 0 Å². The van der Waals surface area contributed by atoms with E-state index in [0.717, 1.165) is 63.0 Å². The molecule has 2 heterocycles. The number of aryl methyl sites for hydroxylation is 2. The first-order valence-corrected chi connectivity index (χ1v) is 14.5. The van der Waals surface area contributed by atoms with E-state index in [1.54, 1.807) is 0 Å². The Labute approximate surface area is 227 Å². The normalized spacial score (nSPS) is 19.4. The van der Waals surface area contributed by atoms with Gasteiger partial charge in [0.1, 0.15) is 0 Å². The zero-order valence-corrected chi connectivity index (χ0v) is 23.6. The summed E-state index contributed by atoms with van der Waals surface area (Å²) in [6, 6.07) is 11.3. The number of likely N-dealkylation sites (tertiary alicyclic amines) is 2. The maximum Gasteiger partial charge on any atom is 0.193 e. The molecule has 2 aliphatic heterocycles. The van der Waals surface area contributed by atoms with Crippen LogP contribution >= 0.6 is 0 Å². The lowest BCUT2D eigenvalue weighted by Crippen LogP contribution is -2.52. The number of hydrogen-bond acceptors (Lipinski definition) is 5. The molecule has 0 aromatic heterocycles. The van der Waals surface area contributed by atoms with Crippen LogP contribution in [0.15, 0.2) is 36.4 Å². The van der Waals surface area contributed by atoms with Crippen molar-refractivity contribution in [2.75, 3.05) is 26.2 Å². The van der Waals surface area contributed by atoms with Crippen molar-refractivity contribution in [3.63, 3.8) is 0 Å². The van der Waals surface area contributed by atoms with E-state index in [-0.39, 0.29) is 17.3 Å². The number of piperidine rings is 2. The molecular formula is C33H42N2O3. The Bertz CT molecular complexity index is 1250. The molecule has 202 valence electrons. The van der Waals surface area contributed by atoms with E-state index in [4.69, 9.17) is 0 Å². The summed E-state index contributed by atoms with van der Waals surface area (Å²) < 4.78 is 0. The molecule has 0 unspecified atom stereocenters. The summed E-state index contributed by atoms with van der Waals surface area (Å²) in [5, 5.41) is 0. The Morgan fingerprint density at radius 3 is 1.63 bits per heavy atom. The van der Waals surface area contributed by atoms with Crippen LogP contribution in [0.5, 0.6) is 0 Å². The van der Waals surface area contributed by atoms with Crippen LogP contribution in [-0.2, 0) is 12.8 Å². The van der Waals surface area contributed by atoms with Crippen molar-refractivity contribution in [1.82, 2.24) is 9.80 Å². The number of ketones is 3. The van der Waals surface area contributed by atoms with E-state index in [9.17, 15) is 14.4 Å². The van der Waals surface area contributed by atoms with Crippen molar-refractivity contribution < 1.29 is 14.4 Å². The molecule has 3 aliphatic rings. The summed E-state index contributed by atoms with van der Waals surface area (Å²) in [5.41, 5.74) is 3.28. The van der Waals surface area contributed by atoms with Crippen molar-refractivity contribution in [3.05, 3.63) is 69.8 Å². The number of Topliss-reactive ketones (excluding diaryl/α,β-unsaturated/α-hetero) is 2. The molecular weight excluding hydrogens is 472 g/mol. The Kier molecular flexibility index (Phi) is 7.45. The summed E-state index contributed by atoms with van der Waals surface area (Å²) in [7, 11) is 0. The molecule has 5 heteroatoms. The summed E-state index contributed by atoms with van der Waals surface area (Å²) in [6.45, 7) is 11.8.